The van der Waals surface area contributed by atoms with E-state index in [9.17, 15) is 14.4 Å². The molecule has 3 amide bonds. The van der Waals surface area contributed by atoms with Crippen molar-refractivity contribution in [1.82, 2.24) is 9.80 Å². The van der Waals surface area contributed by atoms with Gasteiger partial charge in [0, 0.05) is 33.1 Å². The molecule has 0 aromatic heterocycles. The van der Waals surface area contributed by atoms with Crippen LogP contribution in [0.3, 0.4) is 0 Å². The second kappa shape index (κ2) is 9.96. The van der Waals surface area contributed by atoms with E-state index < -0.39 is 0 Å². The zero-order valence-corrected chi connectivity index (χ0v) is 17.0. The predicted molar refractivity (Wildman–Crippen MR) is 105 cm³/mol. The summed E-state index contributed by atoms with van der Waals surface area (Å²) in [6.07, 6.45) is -0.415. The molecule has 0 spiro atoms. The van der Waals surface area contributed by atoms with Crippen molar-refractivity contribution in [2.24, 2.45) is 0 Å². The van der Waals surface area contributed by atoms with Gasteiger partial charge in [-0.25, -0.2) is 4.79 Å². The van der Waals surface area contributed by atoms with Gasteiger partial charge in [-0.3, -0.25) is 14.5 Å². The van der Waals surface area contributed by atoms with Crippen molar-refractivity contribution in [2.45, 2.75) is 33.8 Å². The summed E-state index contributed by atoms with van der Waals surface area (Å²) < 4.78 is 10.8. The molecule has 8 heteroatoms. The van der Waals surface area contributed by atoms with Crippen LogP contribution in [0, 0.1) is 0 Å². The maximum Gasteiger partial charge on any atom is 0.409 e. The fourth-order valence-corrected chi connectivity index (χ4v) is 2.99. The lowest BCUT2D eigenvalue weighted by atomic mass is 10.2. The van der Waals surface area contributed by atoms with Gasteiger partial charge < -0.3 is 19.3 Å². The van der Waals surface area contributed by atoms with Gasteiger partial charge in [-0.2, -0.15) is 0 Å². The van der Waals surface area contributed by atoms with Crippen molar-refractivity contribution in [3.8, 4) is 5.75 Å². The summed E-state index contributed by atoms with van der Waals surface area (Å²) in [6.45, 7) is 8.90. The molecule has 1 aromatic rings. The summed E-state index contributed by atoms with van der Waals surface area (Å²) in [5, 5.41) is 0. The second-order valence-electron chi connectivity index (χ2n) is 6.81. The minimum Gasteiger partial charge on any atom is -0.489 e. The molecule has 0 unspecified atom stereocenters. The van der Waals surface area contributed by atoms with Crippen LogP contribution in [0.1, 0.15) is 27.7 Å². The van der Waals surface area contributed by atoms with E-state index in [1.807, 2.05) is 19.9 Å². The van der Waals surface area contributed by atoms with Gasteiger partial charge in [0.2, 0.25) is 11.8 Å². The van der Waals surface area contributed by atoms with Gasteiger partial charge in [0.25, 0.3) is 0 Å². The topological polar surface area (TPSA) is 79.4 Å². The van der Waals surface area contributed by atoms with Gasteiger partial charge in [-0.15, -0.1) is 0 Å². The van der Waals surface area contributed by atoms with E-state index in [2.05, 4.69) is 0 Å². The van der Waals surface area contributed by atoms with Crippen molar-refractivity contribution >= 4 is 23.6 Å². The third kappa shape index (κ3) is 5.61. The van der Waals surface area contributed by atoms with E-state index in [4.69, 9.17) is 9.47 Å². The Kier molecular flexibility index (Phi) is 7.66. The molecule has 0 N–H and O–H groups in total. The number of carbonyl (C=O) groups is 3. The summed E-state index contributed by atoms with van der Waals surface area (Å²) in [5.74, 6) is 0.156. The maximum atomic E-state index is 12.8. The number of anilines is 1. The van der Waals surface area contributed by atoms with Crippen molar-refractivity contribution in [2.75, 3.05) is 44.2 Å². The Morgan fingerprint density at radius 2 is 1.68 bits per heavy atom. The van der Waals surface area contributed by atoms with Crippen LogP contribution in [-0.2, 0) is 14.3 Å². The third-order valence-corrected chi connectivity index (χ3v) is 4.35. The molecule has 1 heterocycles. The zero-order chi connectivity index (χ0) is 20.7. The van der Waals surface area contributed by atoms with Gasteiger partial charge in [0.1, 0.15) is 12.3 Å². The smallest absolute Gasteiger partial charge is 0.409 e. The molecule has 8 nitrogen and oxygen atoms in total. The Balaban J connectivity index is 2.05. The van der Waals surface area contributed by atoms with Crippen LogP contribution in [0.5, 0.6) is 5.75 Å². The first-order valence-electron chi connectivity index (χ1n) is 9.56. The van der Waals surface area contributed by atoms with Gasteiger partial charge in [-0.1, -0.05) is 12.1 Å². The molecule has 28 heavy (non-hydrogen) atoms. The molecule has 0 bridgehead atoms. The number of rotatable bonds is 6. The Morgan fingerprint density at radius 3 is 2.25 bits per heavy atom. The molecule has 1 aromatic carbocycles. The highest BCUT2D eigenvalue weighted by Crippen LogP contribution is 2.29. The monoisotopic (exact) mass is 391 g/mol. The normalized spacial score (nSPS) is 14.0. The highest BCUT2D eigenvalue weighted by atomic mass is 16.6. The van der Waals surface area contributed by atoms with Crippen LogP contribution in [0.15, 0.2) is 24.3 Å². The number of amides is 3. The first kappa shape index (κ1) is 21.5. The molecule has 1 aliphatic rings. The predicted octanol–water partition coefficient (Wildman–Crippen LogP) is 2.13. The number of piperazine rings is 1. The minimum absolute atomic E-state index is 0.0541. The van der Waals surface area contributed by atoms with Crippen molar-refractivity contribution in [3.63, 3.8) is 0 Å². The van der Waals surface area contributed by atoms with E-state index in [0.717, 1.165) is 0 Å². The number of para-hydroxylation sites is 2. The average molecular weight is 391 g/mol. The van der Waals surface area contributed by atoms with Crippen LogP contribution in [-0.4, -0.2) is 73.1 Å². The Hall–Kier alpha value is -2.77. The Morgan fingerprint density at radius 1 is 1.07 bits per heavy atom. The minimum atomic E-state index is -0.361. The second-order valence-corrected chi connectivity index (χ2v) is 6.81. The van der Waals surface area contributed by atoms with Gasteiger partial charge in [-0.05, 0) is 32.9 Å². The summed E-state index contributed by atoms with van der Waals surface area (Å²) >= 11 is 0. The highest BCUT2D eigenvalue weighted by Gasteiger charge is 2.27. The van der Waals surface area contributed by atoms with E-state index in [0.29, 0.717) is 44.2 Å². The molecular formula is C20H29N3O5. The quantitative estimate of drug-likeness (QED) is 0.742. The lowest BCUT2D eigenvalue weighted by Crippen LogP contribution is -2.53. The third-order valence-electron chi connectivity index (χ3n) is 4.35. The summed E-state index contributed by atoms with van der Waals surface area (Å²) in [4.78, 5) is 41.5. The lowest BCUT2D eigenvalue weighted by Gasteiger charge is -2.35. The average Bonchev–Trinajstić information content (AvgIpc) is 2.66. The van der Waals surface area contributed by atoms with E-state index in [-0.39, 0.29) is 30.6 Å². The number of ether oxygens (including phenoxy) is 2. The van der Waals surface area contributed by atoms with Gasteiger partial charge in [0.05, 0.1) is 18.4 Å². The van der Waals surface area contributed by atoms with Crippen LogP contribution in [0.25, 0.3) is 0 Å². The van der Waals surface area contributed by atoms with Crippen LogP contribution >= 0.6 is 0 Å². The van der Waals surface area contributed by atoms with Crippen molar-refractivity contribution in [3.05, 3.63) is 24.3 Å². The number of hydrogen-bond donors (Lipinski definition) is 0. The highest BCUT2D eigenvalue weighted by molar-refractivity contribution is 5.98. The van der Waals surface area contributed by atoms with E-state index in [1.54, 1.807) is 34.9 Å². The number of carbonyl (C=O) groups excluding carboxylic acids is 3. The molecule has 0 aliphatic carbocycles. The molecule has 0 saturated carbocycles. The van der Waals surface area contributed by atoms with Gasteiger partial charge in [0.15, 0.2) is 0 Å². The summed E-state index contributed by atoms with van der Waals surface area (Å²) in [6, 6.07) is 7.19. The molecule has 2 rings (SSSR count). The van der Waals surface area contributed by atoms with Gasteiger partial charge >= 0.3 is 6.09 Å². The Bertz CT molecular complexity index is 699. The fourth-order valence-electron chi connectivity index (χ4n) is 2.99. The SMILES string of the molecule is CCOC(=O)N1CCN(C(=O)CN(C(C)=O)c2ccccc2OC(C)C)CC1. The van der Waals surface area contributed by atoms with Crippen molar-refractivity contribution < 1.29 is 23.9 Å². The molecule has 1 aliphatic heterocycles. The molecule has 0 atom stereocenters. The number of hydrogen-bond acceptors (Lipinski definition) is 5. The molecule has 1 fully saturated rings. The number of nitrogens with zero attached hydrogens (tertiary/aromatic N) is 3. The summed E-state index contributed by atoms with van der Waals surface area (Å²) in [7, 11) is 0. The molecule has 0 radical (unpaired) electrons. The lowest BCUT2D eigenvalue weighted by molar-refractivity contribution is -0.132. The largest absolute Gasteiger partial charge is 0.489 e. The number of benzene rings is 1. The maximum absolute atomic E-state index is 12.8. The van der Waals surface area contributed by atoms with E-state index in [1.165, 1.54) is 11.8 Å². The van der Waals surface area contributed by atoms with Crippen LogP contribution in [0.4, 0.5) is 10.5 Å². The summed E-state index contributed by atoms with van der Waals surface area (Å²) in [5.41, 5.74) is 0.571. The zero-order valence-electron chi connectivity index (χ0n) is 17.0. The first-order valence-corrected chi connectivity index (χ1v) is 9.56. The molecule has 1 saturated heterocycles. The van der Waals surface area contributed by atoms with E-state index >= 15 is 0 Å². The first-order chi connectivity index (χ1) is 13.3. The Labute approximate surface area is 166 Å². The molecular weight excluding hydrogens is 362 g/mol. The van der Waals surface area contributed by atoms with Crippen LogP contribution < -0.4 is 9.64 Å². The van der Waals surface area contributed by atoms with Crippen molar-refractivity contribution in [1.29, 1.82) is 0 Å². The molecule has 154 valence electrons. The standard InChI is InChI=1S/C20H29N3O5/c1-5-27-20(26)22-12-10-21(11-13-22)19(25)14-23(16(4)24)17-8-6-7-9-18(17)28-15(2)3/h6-9,15H,5,10-14H2,1-4H3. The van der Waals surface area contributed by atoms with Crippen LogP contribution in [0.2, 0.25) is 0 Å². The fraction of sp³-hybridized carbons (Fsp3) is 0.550.